The second kappa shape index (κ2) is 9.09. The van der Waals surface area contributed by atoms with E-state index in [1.807, 2.05) is 54.1 Å². The molecule has 6 nitrogen and oxygen atoms in total. The number of primary amides is 1. The fourth-order valence-corrected chi connectivity index (χ4v) is 5.27. The second-order valence-electron chi connectivity index (χ2n) is 9.87. The van der Waals surface area contributed by atoms with E-state index in [0.29, 0.717) is 24.0 Å². The summed E-state index contributed by atoms with van der Waals surface area (Å²) in [5, 5.41) is 7.60. The molecular weight excluding hydrogens is 424 g/mol. The van der Waals surface area contributed by atoms with Gasteiger partial charge in [-0.05, 0) is 62.1 Å². The Morgan fingerprint density at radius 3 is 2.38 bits per heavy atom. The van der Waals surface area contributed by atoms with Crippen molar-refractivity contribution in [2.75, 3.05) is 0 Å². The van der Waals surface area contributed by atoms with Crippen molar-refractivity contribution in [3.05, 3.63) is 88.7 Å². The van der Waals surface area contributed by atoms with Gasteiger partial charge in [0.15, 0.2) is 0 Å². The van der Waals surface area contributed by atoms with Gasteiger partial charge in [0.25, 0.3) is 5.91 Å². The van der Waals surface area contributed by atoms with E-state index in [-0.39, 0.29) is 17.4 Å². The van der Waals surface area contributed by atoms with Crippen LogP contribution in [-0.2, 0) is 28.7 Å². The van der Waals surface area contributed by atoms with Crippen molar-refractivity contribution in [2.45, 2.75) is 70.4 Å². The Morgan fingerprint density at radius 2 is 1.79 bits per heavy atom. The van der Waals surface area contributed by atoms with Gasteiger partial charge in [0.2, 0.25) is 5.91 Å². The molecule has 0 saturated heterocycles. The molecule has 178 valence electrons. The number of aryl methyl sites for hydroxylation is 1. The zero-order chi connectivity index (χ0) is 24.5. The van der Waals surface area contributed by atoms with E-state index in [0.717, 1.165) is 24.1 Å². The van der Waals surface area contributed by atoms with Crippen molar-refractivity contribution in [2.24, 2.45) is 5.73 Å². The number of nitrogens with zero attached hydrogens (tertiary/aromatic N) is 2. The molecule has 34 heavy (non-hydrogen) atoms. The highest BCUT2D eigenvalue weighted by molar-refractivity contribution is 6.00. The highest BCUT2D eigenvalue weighted by Gasteiger charge is 2.41. The van der Waals surface area contributed by atoms with Crippen molar-refractivity contribution in [3.63, 3.8) is 0 Å². The summed E-state index contributed by atoms with van der Waals surface area (Å²) in [4.78, 5) is 26.4. The molecule has 3 N–H and O–H groups in total. The minimum atomic E-state index is -1.29. The van der Waals surface area contributed by atoms with Crippen LogP contribution in [-0.4, -0.2) is 21.6 Å². The van der Waals surface area contributed by atoms with Crippen LogP contribution in [0.2, 0.25) is 0 Å². The number of amides is 2. The van der Waals surface area contributed by atoms with Gasteiger partial charge in [-0.15, -0.1) is 0 Å². The zero-order valence-corrected chi connectivity index (χ0v) is 20.5. The fourth-order valence-electron chi connectivity index (χ4n) is 5.27. The number of carbonyl (C=O) groups excluding carboxylic acids is 2. The molecule has 0 aliphatic carbocycles. The third-order valence-corrected chi connectivity index (χ3v) is 7.28. The molecule has 1 aromatic heterocycles. The molecule has 3 aromatic rings. The van der Waals surface area contributed by atoms with Gasteiger partial charge in [-0.1, -0.05) is 68.4 Å². The van der Waals surface area contributed by atoms with E-state index in [4.69, 9.17) is 5.73 Å². The summed E-state index contributed by atoms with van der Waals surface area (Å²) in [7, 11) is 0. The van der Waals surface area contributed by atoms with Crippen molar-refractivity contribution >= 4 is 11.8 Å². The highest BCUT2D eigenvalue weighted by atomic mass is 16.2. The number of hydrogen-bond acceptors (Lipinski definition) is 3. The molecule has 2 amide bonds. The maximum Gasteiger partial charge on any atom is 0.255 e. The average molecular weight is 459 g/mol. The lowest BCUT2D eigenvalue weighted by Crippen LogP contribution is -2.54. The fraction of sp³-hybridized carbons (Fsp3) is 0.393. The largest absolute Gasteiger partial charge is 0.367 e. The molecule has 0 radical (unpaired) electrons. The first-order chi connectivity index (χ1) is 16.2. The number of nitrogens with two attached hydrogens (primary N) is 1. The second-order valence-corrected chi connectivity index (χ2v) is 9.87. The Balaban J connectivity index is 1.70. The maximum absolute atomic E-state index is 13.6. The summed E-state index contributed by atoms with van der Waals surface area (Å²) >= 11 is 0. The van der Waals surface area contributed by atoms with Crippen LogP contribution in [0.3, 0.4) is 0 Å². The molecule has 6 heteroatoms. The van der Waals surface area contributed by atoms with E-state index in [2.05, 4.69) is 43.3 Å². The normalized spacial score (nSPS) is 18.5. The lowest BCUT2D eigenvalue weighted by atomic mass is 9.79. The summed E-state index contributed by atoms with van der Waals surface area (Å²) in [6, 6.07) is 18.1. The SMILES string of the molecule is CCc1ccc(C(CC)(NC(=O)c2cnn3c2C[C@H](c2ccccc2)CC3(C)C)C(N)=O)cc1. The maximum atomic E-state index is 13.6. The minimum absolute atomic E-state index is 0.242. The van der Waals surface area contributed by atoms with E-state index in [9.17, 15) is 9.59 Å². The third-order valence-electron chi connectivity index (χ3n) is 7.28. The molecule has 2 atom stereocenters. The van der Waals surface area contributed by atoms with Gasteiger partial charge in [0, 0.05) is 0 Å². The van der Waals surface area contributed by atoms with Crippen LogP contribution in [0.25, 0.3) is 0 Å². The molecule has 0 fully saturated rings. The third kappa shape index (κ3) is 4.13. The molecule has 0 saturated carbocycles. The highest BCUT2D eigenvalue weighted by Crippen LogP contribution is 2.40. The molecule has 2 heterocycles. The molecule has 0 spiro atoms. The molecule has 1 unspecified atom stereocenters. The van der Waals surface area contributed by atoms with Gasteiger partial charge in [0.1, 0.15) is 5.54 Å². The van der Waals surface area contributed by atoms with E-state index >= 15 is 0 Å². The Hall–Kier alpha value is -3.41. The number of nitrogens with one attached hydrogen (secondary N) is 1. The first-order valence-corrected chi connectivity index (χ1v) is 12.1. The van der Waals surface area contributed by atoms with Gasteiger partial charge in [-0.25, -0.2) is 0 Å². The summed E-state index contributed by atoms with van der Waals surface area (Å²) in [5.41, 5.74) is 8.85. The smallest absolute Gasteiger partial charge is 0.255 e. The minimum Gasteiger partial charge on any atom is -0.367 e. The number of hydrogen-bond donors (Lipinski definition) is 2. The van der Waals surface area contributed by atoms with E-state index in [1.165, 1.54) is 5.56 Å². The van der Waals surface area contributed by atoms with Crippen molar-refractivity contribution in [3.8, 4) is 0 Å². The van der Waals surface area contributed by atoms with Gasteiger partial charge >= 0.3 is 0 Å². The summed E-state index contributed by atoms with van der Waals surface area (Å²) in [6.45, 7) is 8.23. The van der Waals surface area contributed by atoms with Crippen LogP contribution in [0.4, 0.5) is 0 Å². The molecule has 0 bridgehead atoms. The average Bonchev–Trinajstić information content (AvgIpc) is 3.28. The lowest BCUT2D eigenvalue weighted by molar-refractivity contribution is -0.124. The Morgan fingerprint density at radius 1 is 1.12 bits per heavy atom. The van der Waals surface area contributed by atoms with Crippen LogP contribution >= 0.6 is 0 Å². The number of rotatable bonds is 7. The predicted octanol–water partition coefficient (Wildman–Crippen LogP) is 4.43. The van der Waals surface area contributed by atoms with Crippen LogP contribution in [0.5, 0.6) is 0 Å². The summed E-state index contributed by atoms with van der Waals surface area (Å²) in [6.07, 6.45) is 4.50. The molecule has 2 aromatic carbocycles. The number of aromatic nitrogens is 2. The van der Waals surface area contributed by atoms with Crippen molar-refractivity contribution < 1.29 is 9.59 Å². The number of fused-ring (bicyclic) bond motifs is 1. The van der Waals surface area contributed by atoms with Crippen LogP contribution < -0.4 is 11.1 Å². The first-order valence-electron chi connectivity index (χ1n) is 12.1. The lowest BCUT2D eigenvalue weighted by Gasteiger charge is -2.37. The van der Waals surface area contributed by atoms with E-state index in [1.54, 1.807) is 6.20 Å². The van der Waals surface area contributed by atoms with Gasteiger partial charge in [-0.3, -0.25) is 14.3 Å². The van der Waals surface area contributed by atoms with Gasteiger partial charge in [-0.2, -0.15) is 5.10 Å². The zero-order valence-electron chi connectivity index (χ0n) is 20.5. The number of benzene rings is 2. The molecular formula is C28H34N4O2. The Labute approximate surface area is 201 Å². The van der Waals surface area contributed by atoms with Crippen molar-refractivity contribution in [1.82, 2.24) is 15.1 Å². The van der Waals surface area contributed by atoms with Crippen LogP contribution in [0.1, 0.15) is 79.2 Å². The Kier molecular flexibility index (Phi) is 6.34. The number of carbonyl (C=O) groups is 2. The molecule has 4 rings (SSSR count). The summed E-state index contributed by atoms with van der Waals surface area (Å²) in [5.74, 6) is -0.622. The van der Waals surface area contributed by atoms with Crippen LogP contribution in [0.15, 0.2) is 60.8 Å². The monoisotopic (exact) mass is 458 g/mol. The standard InChI is InChI=1S/C28H34N4O2/c1-5-19-12-14-22(15-13-19)28(6-2,26(29)34)31-25(33)23-18-30-32-24(23)16-21(17-27(32,3)4)20-10-8-7-9-11-20/h7-15,18,21H,5-6,16-17H2,1-4H3,(H2,29,34)(H,31,33)/t21-,28?/m0/s1. The van der Waals surface area contributed by atoms with Gasteiger partial charge in [0.05, 0.1) is 23.0 Å². The topological polar surface area (TPSA) is 90.0 Å². The molecule has 1 aliphatic rings. The van der Waals surface area contributed by atoms with E-state index < -0.39 is 11.4 Å². The predicted molar refractivity (Wildman–Crippen MR) is 134 cm³/mol. The van der Waals surface area contributed by atoms with Crippen molar-refractivity contribution in [1.29, 1.82) is 0 Å². The van der Waals surface area contributed by atoms with Crippen LogP contribution in [0, 0.1) is 0 Å². The first kappa shape index (κ1) is 23.7. The summed E-state index contributed by atoms with van der Waals surface area (Å²) < 4.78 is 1.97. The quantitative estimate of drug-likeness (QED) is 0.549. The Bertz CT molecular complexity index is 1180. The molecule has 1 aliphatic heterocycles. The van der Waals surface area contributed by atoms with Gasteiger partial charge < -0.3 is 11.1 Å².